The summed E-state index contributed by atoms with van der Waals surface area (Å²) in [5.74, 6) is -0.710. The van der Waals surface area contributed by atoms with Crippen LogP contribution < -0.4 is 10.0 Å². The fraction of sp³-hybridized carbons (Fsp3) is 0.0952. The zero-order valence-electron chi connectivity index (χ0n) is 15.1. The van der Waals surface area contributed by atoms with Gasteiger partial charge in [-0.25, -0.2) is 12.8 Å². The molecule has 0 heterocycles. The fourth-order valence-corrected chi connectivity index (χ4v) is 3.72. The topological polar surface area (TPSA) is 75.3 Å². The lowest BCUT2D eigenvalue weighted by Crippen LogP contribution is -2.26. The largest absolute Gasteiger partial charge is 0.346 e. The number of carbonyl (C=O) groups is 1. The van der Waals surface area contributed by atoms with Crippen molar-refractivity contribution in [2.24, 2.45) is 0 Å². The quantitative estimate of drug-likeness (QED) is 0.656. The van der Waals surface area contributed by atoms with E-state index in [9.17, 15) is 17.6 Å². The molecule has 0 aliphatic carbocycles. The molecule has 0 saturated heterocycles. The normalized spacial score (nSPS) is 12.2. The number of nitrogens with one attached hydrogen (secondary N) is 2. The van der Waals surface area contributed by atoms with Gasteiger partial charge in [-0.2, -0.15) is 0 Å². The van der Waals surface area contributed by atoms with Crippen molar-refractivity contribution >= 4 is 21.6 Å². The van der Waals surface area contributed by atoms with Gasteiger partial charge in [0.15, 0.2) is 0 Å². The van der Waals surface area contributed by atoms with Crippen LogP contribution in [0, 0.1) is 5.82 Å². The minimum atomic E-state index is -3.74. The Morgan fingerprint density at radius 3 is 2.29 bits per heavy atom. The zero-order chi connectivity index (χ0) is 20.1. The second-order valence-electron chi connectivity index (χ2n) is 6.25. The summed E-state index contributed by atoms with van der Waals surface area (Å²) in [5.41, 5.74) is 1.35. The van der Waals surface area contributed by atoms with Gasteiger partial charge in [-0.3, -0.25) is 9.52 Å². The molecule has 0 radical (unpaired) electrons. The third-order valence-electron chi connectivity index (χ3n) is 4.15. The monoisotopic (exact) mass is 398 g/mol. The summed E-state index contributed by atoms with van der Waals surface area (Å²) in [4.78, 5) is 12.7. The van der Waals surface area contributed by atoms with Crippen molar-refractivity contribution in [3.05, 3.63) is 95.8 Å². The van der Waals surface area contributed by atoms with Gasteiger partial charge in [0.1, 0.15) is 5.82 Å². The van der Waals surface area contributed by atoms with E-state index in [1.165, 1.54) is 30.3 Å². The first kappa shape index (κ1) is 19.6. The molecule has 0 unspecified atom stereocenters. The number of rotatable bonds is 6. The van der Waals surface area contributed by atoms with Crippen LogP contribution in [0.3, 0.4) is 0 Å². The zero-order valence-corrected chi connectivity index (χ0v) is 15.9. The predicted octanol–water partition coefficient (Wildman–Crippen LogP) is 4.12. The number of hydrogen-bond acceptors (Lipinski definition) is 3. The third kappa shape index (κ3) is 4.75. The molecule has 1 atom stereocenters. The van der Waals surface area contributed by atoms with Gasteiger partial charge in [0, 0.05) is 11.3 Å². The van der Waals surface area contributed by atoms with E-state index in [-0.39, 0.29) is 28.3 Å². The molecule has 0 spiro atoms. The molecule has 0 aromatic heterocycles. The summed E-state index contributed by atoms with van der Waals surface area (Å²) in [6.45, 7) is 1.78. The Morgan fingerprint density at radius 1 is 0.929 bits per heavy atom. The SMILES string of the molecule is C[C@@H](NC(=O)c1cccc(NS(=O)(=O)c2ccccc2)c1)c1ccc(F)cc1. The highest BCUT2D eigenvalue weighted by Crippen LogP contribution is 2.18. The number of amides is 1. The van der Waals surface area contributed by atoms with E-state index in [1.807, 2.05) is 0 Å². The van der Waals surface area contributed by atoms with Crippen LogP contribution in [0.1, 0.15) is 28.9 Å². The van der Waals surface area contributed by atoms with Gasteiger partial charge < -0.3 is 5.32 Å². The summed E-state index contributed by atoms with van der Waals surface area (Å²) in [6.07, 6.45) is 0. The molecule has 3 aromatic carbocycles. The van der Waals surface area contributed by atoms with E-state index < -0.39 is 10.0 Å². The first-order valence-corrected chi connectivity index (χ1v) is 10.1. The summed E-state index contributed by atoms with van der Waals surface area (Å²) in [7, 11) is -3.74. The summed E-state index contributed by atoms with van der Waals surface area (Å²) < 4.78 is 40.4. The van der Waals surface area contributed by atoms with Crippen LogP contribution in [0.25, 0.3) is 0 Å². The Kier molecular flexibility index (Phi) is 5.75. The second-order valence-corrected chi connectivity index (χ2v) is 7.93. The number of carbonyl (C=O) groups excluding carboxylic acids is 1. The van der Waals surface area contributed by atoms with Crippen LogP contribution in [-0.2, 0) is 10.0 Å². The maximum absolute atomic E-state index is 13.0. The Labute approximate surface area is 163 Å². The van der Waals surface area contributed by atoms with E-state index in [0.29, 0.717) is 5.56 Å². The number of anilines is 1. The van der Waals surface area contributed by atoms with Crippen LogP contribution in [0.15, 0.2) is 83.8 Å². The molecule has 0 aliphatic rings. The van der Waals surface area contributed by atoms with Crippen LogP contribution in [0.4, 0.5) is 10.1 Å². The number of sulfonamides is 1. The Balaban J connectivity index is 1.73. The van der Waals surface area contributed by atoms with Gasteiger partial charge in [-0.05, 0) is 55.0 Å². The van der Waals surface area contributed by atoms with Gasteiger partial charge >= 0.3 is 0 Å². The maximum Gasteiger partial charge on any atom is 0.261 e. The molecule has 144 valence electrons. The van der Waals surface area contributed by atoms with Crippen molar-refractivity contribution in [1.29, 1.82) is 0 Å². The van der Waals surface area contributed by atoms with Crippen LogP contribution >= 0.6 is 0 Å². The first-order valence-electron chi connectivity index (χ1n) is 8.59. The smallest absolute Gasteiger partial charge is 0.261 e. The van der Waals surface area contributed by atoms with Gasteiger partial charge in [-0.1, -0.05) is 36.4 Å². The first-order chi connectivity index (χ1) is 13.3. The molecule has 0 aliphatic heterocycles. The van der Waals surface area contributed by atoms with Crippen LogP contribution in [-0.4, -0.2) is 14.3 Å². The fourth-order valence-electron chi connectivity index (χ4n) is 2.65. The molecule has 1 amide bonds. The molecular formula is C21H19FN2O3S. The number of hydrogen-bond donors (Lipinski definition) is 2. The average Bonchev–Trinajstić information content (AvgIpc) is 2.69. The number of halogens is 1. The molecule has 0 saturated carbocycles. The van der Waals surface area contributed by atoms with Gasteiger partial charge in [0.25, 0.3) is 15.9 Å². The lowest BCUT2D eigenvalue weighted by atomic mass is 10.1. The minimum Gasteiger partial charge on any atom is -0.346 e. The molecule has 7 heteroatoms. The molecule has 0 bridgehead atoms. The number of benzene rings is 3. The van der Waals surface area contributed by atoms with Crippen molar-refractivity contribution in [2.45, 2.75) is 17.9 Å². The van der Waals surface area contributed by atoms with E-state index in [1.54, 1.807) is 55.5 Å². The standard InChI is InChI=1S/C21H19FN2O3S/c1-15(16-10-12-18(22)13-11-16)23-21(25)17-6-5-7-19(14-17)24-28(26,27)20-8-3-2-4-9-20/h2-15,24H,1H3,(H,23,25)/t15-/m1/s1. The molecule has 2 N–H and O–H groups in total. The lowest BCUT2D eigenvalue weighted by molar-refractivity contribution is 0.0940. The van der Waals surface area contributed by atoms with E-state index in [4.69, 9.17) is 0 Å². The molecule has 3 aromatic rings. The van der Waals surface area contributed by atoms with Gasteiger partial charge in [-0.15, -0.1) is 0 Å². The Bertz CT molecular complexity index is 1070. The summed E-state index contributed by atoms with van der Waals surface area (Å²) in [5, 5.41) is 2.82. The highest BCUT2D eigenvalue weighted by Gasteiger charge is 2.16. The summed E-state index contributed by atoms with van der Waals surface area (Å²) in [6, 6.07) is 19.7. The minimum absolute atomic E-state index is 0.134. The lowest BCUT2D eigenvalue weighted by Gasteiger charge is -2.15. The van der Waals surface area contributed by atoms with Crippen molar-refractivity contribution in [3.63, 3.8) is 0 Å². The molecule has 5 nitrogen and oxygen atoms in total. The average molecular weight is 398 g/mol. The highest BCUT2D eigenvalue weighted by molar-refractivity contribution is 7.92. The highest BCUT2D eigenvalue weighted by atomic mass is 32.2. The van der Waals surface area contributed by atoms with Crippen molar-refractivity contribution in [2.75, 3.05) is 4.72 Å². The molecule has 0 fully saturated rings. The Hall–Kier alpha value is -3.19. The van der Waals surface area contributed by atoms with Crippen molar-refractivity contribution in [1.82, 2.24) is 5.32 Å². The second kappa shape index (κ2) is 8.22. The van der Waals surface area contributed by atoms with Crippen molar-refractivity contribution < 1.29 is 17.6 Å². The predicted molar refractivity (Wildman–Crippen MR) is 106 cm³/mol. The van der Waals surface area contributed by atoms with Gasteiger partial charge in [0.2, 0.25) is 0 Å². The maximum atomic E-state index is 13.0. The van der Waals surface area contributed by atoms with Crippen LogP contribution in [0.5, 0.6) is 0 Å². The third-order valence-corrected chi connectivity index (χ3v) is 5.55. The van der Waals surface area contributed by atoms with Gasteiger partial charge in [0.05, 0.1) is 10.9 Å². The van der Waals surface area contributed by atoms with E-state index in [0.717, 1.165) is 5.56 Å². The van der Waals surface area contributed by atoms with Crippen LogP contribution in [0.2, 0.25) is 0 Å². The molecular weight excluding hydrogens is 379 g/mol. The van der Waals surface area contributed by atoms with E-state index in [2.05, 4.69) is 10.0 Å². The molecule has 3 rings (SSSR count). The van der Waals surface area contributed by atoms with Crippen molar-refractivity contribution in [3.8, 4) is 0 Å². The Morgan fingerprint density at radius 2 is 1.61 bits per heavy atom. The molecule has 28 heavy (non-hydrogen) atoms. The summed E-state index contributed by atoms with van der Waals surface area (Å²) >= 11 is 0. The van der Waals surface area contributed by atoms with E-state index >= 15 is 0 Å².